The van der Waals surface area contributed by atoms with Crippen LogP contribution in [0.1, 0.15) is 6.42 Å². The fraction of sp³-hybridized carbons (Fsp3) is 0.450. The number of thiophene rings is 1. The number of nitrogens with zero attached hydrogens (tertiary/aromatic N) is 3. The van der Waals surface area contributed by atoms with Crippen molar-refractivity contribution in [2.24, 2.45) is 5.41 Å². The minimum atomic E-state index is 0.166. The largest absolute Gasteiger partial charge is 0.362 e. The van der Waals surface area contributed by atoms with Crippen molar-refractivity contribution in [3.05, 3.63) is 42.5 Å². The van der Waals surface area contributed by atoms with Gasteiger partial charge in [0.25, 0.3) is 0 Å². The molecule has 0 bridgehead atoms. The van der Waals surface area contributed by atoms with Crippen LogP contribution in [0, 0.1) is 5.41 Å². The summed E-state index contributed by atoms with van der Waals surface area (Å²) in [5, 5.41) is 2.69. The van der Waals surface area contributed by atoms with Gasteiger partial charge in [-0.05, 0) is 38.0 Å². The summed E-state index contributed by atoms with van der Waals surface area (Å²) in [5.41, 5.74) is 0.307. The van der Waals surface area contributed by atoms with Gasteiger partial charge in [-0.25, -0.2) is 0 Å². The van der Waals surface area contributed by atoms with Gasteiger partial charge in [-0.3, -0.25) is 4.79 Å². The fourth-order valence-corrected chi connectivity index (χ4v) is 4.95. The molecule has 2 aliphatic rings. The van der Waals surface area contributed by atoms with Gasteiger partial charge >= 0.3 is 0 Å². The molecule has 2 aliphatic heterocycles. The Morgan fingerprint density at radius 2 is 2.08 bits per heavy atom. The second-order valence-electron chi connectivity index (χ2n) is 7.65. The zero-order valence-electron chi connectivity index (χ0n) is 14.9. The monoisotopic (exact) mass is 355 g/mol. The van der Waals surface area contributed by atoms with Crippen LogP contribution in [-0.2, 0) is 4.79 Å². The van der Waals surface area contributed by atoms with E-state index >= 15 is 0 Å². The smallest absolute Gasteiger partial charge is 0.246 e. The number of rotatable bonds is 4. The molecule has 3 heterocycles. The molecule has 0 saturated carbocycles. The van der Waals surface area contributed by atoms with Crippen LogP contribution in [0.2, 0.25) is 0 Å². The lowest BCUT2D eigenvalue weighted by molar-refractivity contribution is -0.125. The highest BCUT2D eigenvalue weighted by atomic mass is 32.1. The Labute approximate surface area is 153 Å². The van der Waals surface area contributed by atoms with Crippen LogP contribution in [0.25, 0.3) is 10.1 Å². The molecule has 4 nitrogen and oxygen atoms in total. The molecule has 1 amide bonds. The summed E-state index contributed by atoms with van der Waals surface area (Å²) in [6, 6.07) is 10.9. The van der Waals surface area contributed by atoms with E-state index in [1.807, 2.05) is 36.4 Å². The van der Waals surface area contributed by atoms with E-state index in [0.29, 0.717) is 5.41 Å². The number of amides is 1. The number of likely N-dealkylation sites (tertiary alicyclic amines) is 1. The maximum atomic E-state index is 12.3. The van der Waals surface area contributed by atoms with Crippen LogP contribution < -0.4 is 4.90 Å². The number of hydrogen-bond donors (Lipinski definition) is 0. The molecule has 5 heteroatoms. The molecule has 132 valence electrons. The van der Waals surface area contributed by atoms with Gasteiger partial charge in [0, 0.05) is 48.9 Å². The van der Waals surface area contributed by atoms with Crippen LogP contribution >= 0.6 is 11.3 Å². The van der Waals surface area contributed by atoms with Gasteiger partial charge in [-0.2, -0.15) is 0 Å². The third kappa shape index (κ3) is 3.31. The Kier molecular flexibility index (Phi) is 4.29. The van der Waals surface area contributed by atoms with Gasteiger partial charge in [0.15, 0.2) is 0 Å². The molecular formula is C20H25N3OS. The maximum Gasteiger partial charge on any atom is 0.246 e. The molecule has 1 spiro atoms. The zero-order chi connectivity index (χ0) is 17.4. The fourth-order valence-electron chi connectivity index (χ4n) is 3.89. The molecule has 0 radical (unpaired) electrons. The Bertz CT molecular complexity index is 771. The van der Waals surface area contributed by atoms with Gasteiger partial charge in [0.2, 0.25) is 5.91 Å². The summed E-state index contributed by atoms with van der Waals surface area (Å²) in [5.74, 6) is 0.166. The highest BCUT2D eigenvalue weighted by molar-refractivity contribution is 7.22. The van der Waals surface area contributed by atoms with E-state index < -0.39 is 0 Å². The van der Waals surface area contributed by atoms with Crippen LogP contribution in [0.15, 0.2) is 42.5 Å². The Hall–Kier alpha value is -1.85. The number of benzene rings is 1. The highest BCUT2D eigenvalue weighted by Crippen LogP contribution is 2.44. The van der Waals surface area contributed by atoms with Crippen molar-refractivity contribution >= 4 is 32.3 Å². The van der Waals surface area contributed by atoms with Gasteiger partial charge in [0.1, 0.15) is 0 Å². The quantitative estimate of drug-likeness (QED) is 0.789. The molecule has 4 rings (SSSR count). The Balaban J connectivity index is 1.35. The summed E-state index contributed by atoms with van der Waals surface area (Å²) in [6.45, 7) is 4.76. The second-order valence-corrected chi connectivity index (χ2v) is 8.72. The number of carbonyl (C=O) groups is 1. The van der Waals surface area contributed by atoms with Crippen LogP contribution in [0.4, 0.5) is 5.00 Å². The topological polar surface area (TPSA) is 26.8 Å². The van der Waals surface area contributed by atoms with Crippen LogP contribution in [0.3, 0.4) is 0 Å². The summed E-state index contributed by atoms with van der Waals surface area (Å²) in [4.78, 5) is 18.9. The summed E-state index contributed by atoms with van der Waals surface area (Å²) in [6.07, 6.45) is 4.82. The van der Waals surface area contributed by atoms with Crippen LogP contribution in [-0.4, -0.2) is 62.5 Å². The predicted octanol–water partition coefficient (Wildman–Crippen LogP) is 3.06. The standard InChI is InChI=1S/C20H25N3OS/c1-21(2)10-5-8-18(24)22-11-9-20(13-22)14-23(15-20)19-12-16-6-3-4-7-17(16)25-19/h3-8,12H,9-11,13-15H2,1-2H3/b8-5+. The average molecular weight is 356 g/mol. The summed E-state index contributed by atoms with van der Waals surface area (Å²) in [7, 11) is 4.02. The predicted molar refractivity (Wildman–Crippen MR) is 105 cm³/mol. The summed E-state index contributed by atoms with van der Waals surface area (Å²) < 4.78 is 1.35. The molecule has 2 saturated heterocycles. The Morgan fingerprint density at radius 1 is 1.28 bits per heavy atom. The van der Waals surface area contributed by atoms with E-state index in [1.54, 1.807) is 6.08 Å². The van der Waals surface area contributed by atoms with E-state index in [4.69, 9.17) is 0 Å². The number of fused-ring (bicyclic) bond motifs is 1. The van der Waals surface area contributed by atoms with Crippen molar-refractivity contribution < 1.29 is 4.79 Å². The molecule has 0 aliphatic carbocycles. The molecule has 0 atom stereocenters. The van der Waals surface area contributed by atoms with Gasteiger partial charge < -0.3 is 14.7 Å². The Morgan fingerprint density at radius 3 is 2.84 bits per heavy atom. The van der Waals surface area contributed by atoms with Gasteiger partial charge in [0.05, 0.1) is 5.00 Å². The molecule has 25 heavy (non-hydrogen) atoms. The van der Waals surface area contributed by atoms with Crippen molar-refractivity contribution in [2.75, 3.05) is 51.7 Å². The lowest BCUT2D eigenvalue weighted by atomic mass is 9.79. The van der Waals surface area contributed by atoms with Crippen molar-refractivity contribution in [3.63, 3.8) is 0 Å². The first-order valence-corrected chi connectivity index (χ1v) is 9.70. The lowest BCUT2D eigenvalue weighted by Gasteiger charge is -2.48. The molecule has 2 aromatic rings. The lowest BCUT2D eigenvalue weighted by Crippen LogP contribution is -2.57. The van der Waals surface area contributed by atoms with Gasteiger partial charge in [-0.1, -0.05) is 24.3 Å². The SMILES string of the molecule is CN(C)C/C=C/C(=O)N1CCC2(C1)CN(c1cc3ccccc3s1)C2. The van der Waals surface area contributed by atoms with E-state index in [9.17, 15) is 4.79 Å². The van der Waals surface area contributed by atoms with Crippen molar-refractivity contribution in [3.8, 4) is 0 Å². The third-order valence-electron chi connectivity index (χ3n) is 5.26. The van der Waals surface area contributed by atoms with Crippen molar-refractivity contribution in [1.82, 2.24) is 9.80 Å². The van der Waals surface area contributed by atoms with Crippen molar-refractivity contribution in [2.45, 2.75) is 6.42 Å². The molecule has 1 aromatic carbocycles. The molecule has 1 aromatic heterocycles. The first-order valence-electron chi connectivity index (χ1n) is 8.88. The van der Waals surface area contributed by atoms with E-state index in [0.717, 1.165) is 39.1 Å². The normalized spacial score (nSPS) is 19.5. The second kappa shape index (κ2) is 6.46. The minimum absolute atomic E-state index is 0.166. The average Bonchev–Trinajstić information content (AvgIpc) is 3.17. The van der Waals surface area contributed by atoms with Crippen LogP contribution in [0.5, 0.6) is 0 Å². The maximum absolute atomic E-state index is 12.3. The molecular weight excluding hydrogens is 330 g/mol. The van der Waals surface area contributed by atoms with Gasteiger partial charge in [-0.15, -0.1) is 11.3 Å². The number of hydrogen-bond acceptors (Lipinski definition) is 4. The van der Waals surface area contributed by atoms with Crippen molar-refractivity contribution in [1.29, 1.82) is 0 Å². The number of carbonyl (C=O) groups excluding carboxylic acids is 1. The molecule has 0 N–H and O–H groups in total. The summed E-state index contributed by atoms with van der Waals surface area (Å²) >= 11 is 1.87. The first kappa shape index (κ1) is 16.6. The number of anilines is 1. The highest BCUT2D eigenvalue weighted by Gasteiger charge is 2.48. The minimum Gasteiger partial charge on any atom is -0.362 e. The van der Waals surface area contributed by atoms with E-state index in [-0.39, 0.29) is 5.91 Å². The third-order valence-corrected chi connectivity index (χ3v) is 6.43. The van der Waals surface area contributed by atoms with E-state index in [1.165, 1.54) is 15.1 Å². The molecule has 0 unspecified atom stereocenters. The zero-order valence-corrected chi connectivity index (χ0v) is 15.8. The number of likely N-dealkylation sites (N-methyl/N-ethyl adjacent to an activating group) is 1. The van der Waals surface area contributed by atoms with E-state index in [2.05, 4.69) is 40.1 Å². The molecule has 2 fully saturated rings. The first-order chi connectivity index (χ1) is 12.0.